The number of benzene rings is 1. The standard InChI is InChI=1S/C22H30F2N4O3/c1-12(2)7-14-8-15(10-18(25)21-16(23)5-4-6-17(21)24)22(26)19(9-14)31-11-20(30)28-27-13(3)29/h4-6,10,12,14,19H,7-9,11,25-26H2,1-3H3,(H,27,29)(H,28,30)/b18-10-. The largest absolute Gasteiger partial charge is 0.400 e. The highest BCUT2D eigenvalue weighted by atomic mass is 19.1. The van der Waals surface area contributed by atoms with Crippen molar-refractivity contribution in [2.24, 2.45) is 23.3 Å². The second-order valence-electron chi connectivity index (χ2n) is 8.14. The highest BCUT2D eigenvalue weighted by Gasteiger charge is 2.29. The lowest BCUT2D eigenvalue weighted by Gasteiger charge is -2.32. The number of nitrogens with one attached hydrogen (secondary N) is 2. The molecule has 2 rings (SSSR count). The zero-order chi connectivity index (χ0) is 23.1. The van der Waals surface area contributed by atoms with Gasteiger partial charge >= 0.3 is 0 Å². The molecule has 0 aliphatic heterocycles. The van der Waals surface area contributed by atoms with Gasteiger partial charge < -0.3 is 16.2 Å². The molecular weight excluding hydrogens is 406 g/mol. The van der Waals surface area contributed by atoms with E-state index in [2.05, 4.69) is 24.7 Å². The van der Waals surface area contributed by atoms with E-state index in [1.165, 1.54) is 19.1 Å². The first-order valence-electron chi connectivity index (χ1n) is 10.2. The number of carbonyl (C=O) groups is 2. The Hall–Kier alpha value is -2.94. The predicted molar refractivity (Wildman–Crippen MR) is 114 cm³/mol. The highest BCUT2D eigenvalue weighted by Crippen LogP contribution is 2.35. The number of hydrogen-bond acceptors (Lipinski definition) is 5. The number of rotatable bonds is 7. The molecule has 1 aromatic carbocycles. The van der Waals surface area contributed by atoms with Crippen LogP contribution in [0.5, 0.6) is 0 Å². The van der Waals surface area contributed by atoms with Gasteiger partial charge in [-0.05, 0) is 54.9 Å². The number of carbonyl (C=O) groups excluding carboxylic acids is 2. The van der Waals surface area contributed by atoms with Crippen molar-refractivity contribution in [3.8, 4) is 0 Å². The van der Waals surface area contributed by atoms with Crippen LogP contribution >= 0.6 is 0 Å². The van der Waals surface area contributed by atoms with E-state index in [1.807, 2.05) is 0 Å². The van der Waals surface area contributed by atoms with Crippen molar-refractivity contribution in [2.75, 3.05) is 6.61 Å². The fraction of sp³-hybridized carbons (Fsp3) is 0.455. The van der Waals surface area contributed by atoms with Crippen LogP contribution in [-0.2, 0) is 14.3 Å². The van der Waals surface area contributed by atoms with Gasteiger partial charge in [-0.25, -0.2) is 8.78 Å². The average Bonchev–Trinajstić information content (AvgIpc) is 2.67. The Morgan fingerprint density at radius 2 is 1.90 bits per heavy atom. The molecule has 0 radical (unpaired) electrons. The molecule has 170 valence electrons. The molecular formula is C22H30F2N4O3. The molecule has 0 saturated carbocycles. The molecule has 1 aliphatic rings. The van der Waals surface area contributed by atoms with Gasteiger partial charge in [0.15, 0.2) is 0 Å². The molecule has 0 fully saturated rings. The van der Waals surface area contributed by atoms with Gasteiger partial charge in [-0.15, -0.1) is 0 Å². The minimum absolute atomic E-state index is 0.0686. The Bertz CT molecular complexity index is 863. The van der Waals surface area contributed by atoms with Crippen LogP contribution in [0, 0.1) is 23.5 Å². The molecule has 2 unspecified atom stereocenters. The second kappa shape index (κ2) is 10.9. The summed E-state index contributed by atoms with van der Waals surface area (Å²) in [4.78, 5) is 22.7. The summed E-state index contributed by atoms with van der Waals surface area (Å²) < 4.78 is 33.9. The minimum Gasteiger partial charge on any atom is -0.400 e. The summed E-state index contributed by atoms with van der Waals surface area (Å²) in [6.45, 7) is 5.14. The van der Waals surface area contributed by atoms with Crippen LogP contribution in [-0.4, -0.2) is 24.5 Å². The quantitative estimate of drug-likeness (QED) is 0.490. The van der Waals surface area contributed by atoms with Gasteiger partial charge in [-0.2, -0.15) is 0 Å². The maximum atomic E-state index is 14.1. The van der Waals surface area contributed by atoms with Gasteiger partial charge in [-0.1, -0.05) is 19.9 Å². The number of hydrazine groups is 1. The number of halogens is 2. The first kappa shape index (κ1) is 24.3. The number of hydrogen-bond donors (Lipinski definition) is 4. The summed E-state index contributed by atoms with van der Waals surface area (Å²) in [7, 11) is 0. The van der Waals surface area contributed by atoms with Crippen molar-refractivity contribution in [2.45, 2.75) is 46.1 Å². The van der Waals surface area contributed by atoms with E-state index < -0.39 is 29.6 Å². The zero-order valence-corrected chi connectivity index (χ0v) is 18.0. The number of amides is 2. The van der Waals surface area contributed by atoms with Crippen molar-refractivity contribution in [3.63, 3.8) is 0 Å². The molecule has 0 heterocycles. The summed E-state index contributed by atoms with van der Waals surface area (Å²) in [5.74, 6) is -1.85. The predicted octanol–water partition coefficient (Wildman–Crippen LogP) is 2.49. The Morgan fingerprint density at radius 3 is 2.48 bits per heavy atom. The molecule has 0 aromatic heterocycles. The smallest absolute Gasteiger partial charge is 0.264 e. The van der Waals surface area contributed by atoms with Crippen molar-refractivity contribution in [3.05, 3.63) is 52.7 Å². The van der Waals surface area contributed by atoms with Gasteiger partial charge in [-0.3, -0.25) is 20.4 Å². The normalized spacial score (nSPS) is 19.5. The van der Waals surface area contributed by atoms with Gasteiger partial charge in [0.2, 0.25) is 5.91 Å². The van der Waals surface area contributed by atoms with Crippen LogP contribution in [0.2, 0.25) is 0 Å². The highest BCUT2D eigenvalue weighted by molar-refractivity contribution is 5.81. The van der Waals surface area contributed by atoms with Crippen LogP contribution in [0.3, 0.4) is 0 Å². The summed E-state index contributed by atoms with van der Waals surface area (Å²) >= 11 is 0. The van der Waals surface area contributed by atoms with Gasteiger partial charge in [0.1, 0.15) is 18.2 Å². The maximum Gasteiger partial charge on any atom is 0.264 e. The number of ether oxygens (including phenoxy) is 1. The third-order valence-corrected chi connectivity index (χ3v) is 4.95. The lowest BCUT2D eigenvalue weighted by Crippen LogP contribution is -2.43. The van der Waals surface area contributed by atoms with E-state index in [1.54, 1.807) is 0 Å². The Labute approximate surface area is 180 Å². The summed E-state index contributed by atoms with van der Waals surface area (Å²) in [6, 6.07) is 3.54. The van der Waals surface area contributed by atoms with E-state index in [0.29, 0.717) is 30.0 Å². The summed E-state index contributed by atoms with van der Waals surface area (Å²) in [6.07, 6.45) is 2.99. The molecule has 31 heavy (non-hydrogen) atoms. The van der Waals surface area contributed by atoms with Crippen LogP contribution in [0.4, 0.5) is 8.78 Å². The molecule has 0 saturated heterocycles. The summed E-state index contributed by atoms with van der Waals surface area (Å²) in [5, 5.41) is 0. The third kappa shape index (κ3) is 7.06. The topological polar surface area (TPSA) is 119 Å². The molecule has 9 heteroatoms. The molecule has 0 bridgehead atoms. The van der Waals surface area contributed by atoms with Crippen LogP contribution < -0.4 is 22.3 Å². The number of allylic oxidation sites excluding steroid dienone is 2. The lowest BCUT2D eigenvalue weighted by atomic mass is 9.80. The SMILES string of the molecule is CC(=O)NNC(=O)COC1CC(CC(C)C)CC(/C=C(\N)c2c(F)cccc2F)=C1N. The van der Waals surface area contributed by atoms with Crippen LogP contribution in [0.1, 0.15) is 45.6 Å². The first-order valence-corrected chi connectivity index (χ1v) is 10.2. The minimum atomic E-state index is -0.759. The maximum absolute atomic E-state index is 14.1. The Morgan fingerprint density at radius 1 is 1.26 bits per heavy atom. The fourth-order valence-corrected chi connectivity index (χ4v) is 3.70. The van der Waals surface area contributed by atoms with E-state index in [0.717, 1.165) is 18.6 Å². The molecule has 2 amide bonds. The van der Waals surface area contributed by atoms with Crippen LogP contribution in [0.15, 0.2) is 35.5 Å². The van der Waals surface area contributed by atoms with Crippen LogP contribution in [0.25, 0.3) is 5.70 Å². The van der Waals surface area contributed by atoms with E-state index in [-0.39, 0.29) is 23.8 Å². The monoisotopic (exact) mass is 436 g/mol. The third-order valence-electron chi connectivity index (χ3n) is 4.95. The summed E-state index contributed by atoms with van der Waals surface area (Å²) in [5.41, 5.74) is 17.3. The molecule has 1 aromatic rings. The first-order chi connectivity index (χ1) is 14.6. The fourth-order valence-electron chi connectivity index (χ4n) is 3.70. The molecule has 2 atom stereocenters. The van der Waals surface area contributed by atoms with E-state index in [9.17, 15) is 18.4 Å². The molecule has 1 aliphatic carbocycles. The van der Waals surface area contributed by atoms with Gasteiger partial charge in [0.25, 0.3) is 5.91 Å². The Balaban J connectivity index is 2.26. The van der Waals surface area contributed by atoms with Crippen molar-refractivity contribution in [1.29, 1.82) is 0 Å². The molecule has 6 N–H and O–H groups in total. The lowest BCUT2D eigenvalue weighted by molar-refractivity contribution is -0.132. The van der Waals surface area contributed by atoms with Crippen molar-refractivity contribution < 1.29 is 23.1 Å². The second-order valence-corrected chi connectivity index (χ2v) is 8.14. The zero-order valence-electron chi connectivity index (χ0n) is 18.0. The molecule has 7 nitrogen and oxygen atoms in total. The Kier molecular flexibility index (Phi) is 8.56. The van der Waals surface area contributed by atoms with E-state index >= 15 is 0 Å². The molecule has 0 spiro atoms. The van der Waals surface area contributed by atoms with E-state index in [4.69, 9.17) is 16.2 Å². The van der Waals surface area contributed by atoms with Gasteiger partial charge in [0, 0.05) is 18.3 Å². The number of nitrogens with two attached hydrogens (primary N) is 2. The van der Waals surface area contributed by atoms with Crippen molar-refractivity contribution >= 4 is 17.5 Å². The van der Waals surface area contributed by atoms with Crippen molar-refractivity contribution in [1.82, 2.24) is 10.9 Å². The van der Waals surface area contributed by atoms with Gasteiger partial charge in [0.05, 0.1) is 11.7 Å². The average molecular weight is 437 g/mol.